The minimum Gasteiger partial charge on any atom is -0.359 e. The van der Waals surface area contributed by atoms with Crippen LogP contribution in [0.2, 0.25) is 0 Å². The van der Waals surface area contributed by atoms with Gasteiger partial charge in [-0.1, -0.05) is 0 Å². The molecule has 1 rings (SSSR count). The van der Waals surface area contributed by atoms with Crippen molar-refractivity contribution in [3.63, 3.8) is 0 Å². The van der Waals surface area contributed by atoms with Gasteiger partial charge in [0.1, 0.15) is 6.33 Å². The molecule has 0 aliphatic carbocycles. The molecule has 0 saturated heterocycles. The van der Waals surface area contributed by atoms with Gasteiger partial charge in [-0.25, -0.2) is 9.97 Å². The van der Waals surface area contributed by atoms with Gasteiger partial charge < -0.3 is 10.6 Å². The van der Waals surface area contributed by atoms with Crippen LogP contribution in [0.5, 0.6) is 0 Å². The van der Waals surface area contributed by atoms with Gasteiger partial charge in [-0.05, 0) is 6.07 Å². The Balaban J connectivity index is 2.13. The lowest BCUT2D eigenvalue weighted by atomic mass is 10.3. The molecule has 0 bridgehead atoms. The second-order valence-corrected chi connectivity index (χ2v) is 2.80. The van der Waals surface area contributed by atoms with Crippen molar-refractivity contribution in [2.75, 3.05) is 13.6 Å². The van der Waals surface area contributed by atoms with Crippen molar-refractivity contribution in [1.82, 2.24) is 20.6 Å². The number of hydrogen-bond donors (Lipinski definition) is 2. The van der Waals surface area contributed by atoms with Crippen LogP contribution in [0, 0.1) is 0 Å². The maximum absolute atomic E-state index is 10.8. The van der Waals surface area contributed by atoms with Gasteiger partial charge in [0.2, 0.25) is 5.91 Å². The van der Waals surface area contributed by atoms with E-state index in [-0.39, 0.29) is 5.91 Å². The molecule has 1 heterocycles. The minimum atomic E-state index is 0.0418. The van der Waals surface area contributed by atoms with Crippen molar-refractivity contribution >= 4 is 5.91 Å². The molecule has 0 unspecified atom stereocenters. The number of aromatic nitrogens is 2. The average molecular weight is 194 g/mol. The van der Waals surface area contributed by atoms with Gasteiger partial charge in [0.05, 0.1) is 5.69 Å². The molecular formula is C9H14N4O. The van der Waals surface area contributed by atoms with Crippen LogP contribution >= 0.6 is 0 Å². The first-order valence-electron chi connectivity index (χ1n) is 4.49. The Labute approximate surface area is 83.0 Å². The molecule has 5 heteroatoms. The second-order valence-electron chi connectivity index (χ2n) is 2.80. The minimum absolute atomic E-state index is 0.0418. The third-order valence-corrected chi connectivity index (χ3v) is 1.76. The lowest BCUT2D eigenvalue weighted by molar-refractivity contribution is -0.120. The zero-order chi connectivity index (χ0) is 10.2. The molecule has 0 saturated carbocycles. The Morgan fingerprint density at radius 3 is 3.07 bits per heavy atom. The highest BCUT2D eigenvalue weighted by atomic mass is 16.1. The summed E-state index contributed by atoms with van der Waals surface area (Å²) in [6, 6.07) is 1.84. The summed E-state index contributed by atoms with van der Waals surface area (Å²) < 4.78 is 0. The van der Waals surface area contributed by atoms with Crippen LogP contribution in [-0.2, 0) is 11.3 Å². The van der Waals surface area contributed by atoms with Crippen LogP contribution < -0.4 is 10.6 Å². The standard InChI is InChI=1S/C9H14N4O/c1-10-9(14)3-5-11-6-8-2-4-12-7-13-8/h2,4,7,11H,3,5-6H2,1H3,(H,10,14). The maximum Gasteiger partial charge on any atom is 0.221 e. The lowest BCUT2D eigenvalue weighted by Gasteiger charge is -2.02. The summed E-state index contributed by atoms with van der Waals surface area (Å²) in [5.74, 6) is 0.0418. The highest BCUT2D eigenvalue weighted by molar-refractivity contribution is 5.75. The smallest absolute Gasteiger partial charge is 0.221 e. The summed E-state index contributed by atoms with van der Waals surface area (Å²) in [4.78, 5) is 18.7. The number of hydrogen-bond acceptors (Lipinski definition) is 4. The zero-order valence-corrected chi connectivity index (χ0v) is 8.16. The van der Waals surface area contributed by atoms with Crippen molar-refractivity contribution in [3.8, 4) is 0 Å². The van der Waals surface area contributed by atoms with E-state index in [1.54, 1.807) is 13.2 Å². The molecule has 0 aromatic carbocycles. The molecule has 1 amide bonds. The van der Waals surface area contributed by atoms with Crippen LogP contribution in [0.15, 0.2) is 18.6 Å². The third kappa shape index (κ3) is 3.95. The monoisotopic (exact) mass is 194 g/mol. The van der Waals surface area contributed by atoms with E-state index in [0.29, 0.717) is 19.5 Å². The van der Waals surface area contributed by atoms with Crippen LogP contribution in [0.3, 0.4) is 0 Å². The fourth-order valence-electron chi connectivity index (χ4n) is 0.966. The molecule has 2 N–H and O–H groups in total. The zero-order valence-electron chi connectivity index (χ0n) is 8.16. The predicted octanol–water partition coefficient (Wildman–Crippen LogP) is -0.298. The fraction of sp³-hybridized carbons (Fsp3) is 0.444. The van der Waals surface area contributed by atoms with Crippen LogP contribution in [-0.4, -0.2) is 29.5 Å². The molecule has 0 aliphatic rings. The van der Waals surface area contributed by atoms with E-state index in [4.69, 9.17) is 0 Å². The van der Waals surface area contributed by atoms with E-state index in [1.807, 2.05) is 6.07 Å². The number of carbonyl (C=O) groups is 1. The van der Waals surface area contributed by atoms with Crippen molar-refractivity contribution < 1.29 is 4.79 Å². The molecule has 0 atom stereocenters. The van der Waals surface area contributed by atoms with Gasteiger partial charge >= 0.3 is 0 Å². The Kier molecular flexibility index (Phi) is 4.57. The summed E-state index contributed by atoms with van der Waals surface area (Å²) in [6.07, 6.45) is 3.69. The lowest BCUT2D eigenvalue weighted by Crippen LogP contribution is -2.24. The van der Waals surface area contributed by atoms with Gasteiger partial charge in [-0.2, -0.15) is 0 Å². The SMILES string of the molecule is CNC(=O)CCNCc1ccncn1. The van der Waals surface area contributed by atoms with E-state index in [2.05, 4.69) is 20.6 Å². The van der Waals surface area contributed by atoms with E-state index in [9.17, 15) is 4.79 Å². The Hall–Kier alpha value is -1.49. The van der Waals surface area contributed by atoms with E-state index < -0.39 is 0 Å². The highest BCUT2D eigenvalue weighted by Crippen LogP contribution is 1.89. The molecule has 5 nitrogen and oxygen atoms in total. The first kappa shape index (κ1) is 10.6. The van der Waals surface area contributed by atoms with Gasteiger partial charge in [-0.3, -0.25) is 4.79 Å². The average Bonchev–Trinajstić information content (AvgIpc) is 2.25. The van der Waals surface area contributed by atoms with Gasteiger partial charge in [0, 0.05) is 32.8 Å². The Bertz CT molecular complexity index is 275. The first-order chi connectivity index (χ1) is 6.83. The summed E-state index contributed by atoms with van der Waals surface area (Å²) in [5.41, 5.74) is 0.928. The molecule has 1 aromatic rings. The highest BCUT2D eigenvalue weighted by Gasteiger charge is 1.97. The van der Waals surface area contributed by atoms with Gasteiger partial charge in [-0.15, -0.1) is 0 Å². The fourth-order valence-corrected chi connectivity index (χ4v) is 0.966. The quantitative estimate of drug-likeness (QED) is 0.632. The third-order valence-electron chi connectivity index (χ3n) is 1.76. The second kappa shape index (κ2) is 6.04. The largest absolute Gasteiger partial charge is 0.359 e. The topological polar surface area (TPSA) is 66.9 Å². The molecular weight excluding hydrogens is 180 g/mol. The van der Waals surface area contributed by atoms with Crippen molar-refractivity contribution in [3.05, 3.63) is 24.3 Å². The Morgan fingerprint density at radius 1 is 1.57 bits per heavy atom. The van der Waals surface area contributed by atoms with Crippen molar-refractivity contribution in [2.24, 2.45) is 0 Å². The van der Waals surface area contributed by atoms with Gasteiger partial charge in [0.25, 0.3) is 0 Å². The van der Waals surface area contributed by atoms with Crippen molar-refractivity contribution in [2.45, 2.75) is 13.0 Å². The molecule has 0 fully saturated rings. The molecule has 14 heavy (non-hydrogen) atoms. The van der Waals surface area contributed by atoms with E-state index >= 15 is 0 Å². The molecule has 76 valence electrons. The normalized spacial score (nSPS) is 9.79. The van der Waals surface area contributed by atoms with Crippen LogP contribution in [0.25, 0.3) is 0 Å². The molecule has 0 radical (unpaired) electrons. The first-order valence-corrected chi connectivity index (χ1v) is 4.49. The van der Waals surface area contributed by atoms with Crippen LogP contribution in [0.4, 0.5) is 0 Å². The Morgan fingerprint density at radius 2 is 2.43 bits per heavy atom. The number of carbonyl (C=O) groups excluding carboxylic acids is 1. The molecule has 1 aromatic heterocycles. The van der Waals surface area contributed by atoms with Gasteiger partial charge in [0.15, 0.2) is 0 Å². The maximum atomic E-state index is 10.8. The summed E-state index contributed by atoms with van der Waals surface area (Å²) in [7, 11) is 1.63. The van der Waals surface area contributed by atoms with Crippen LogP contribution in [0.1, 0.15) is 12.1 Å². The number of amides is 1. The van der Waals surface area contributed by atoms with E-state index in [1.165, 1.54) is 6.33 Å². The molecule has 0 spiro atoms. The summed E-state index contributed by atoms with van der Waals surface area (Å²) in [6.45, 7) is 1.32. The van der Waals surface area contributed by atoms with E-state index in [0.717, 1.165) is 5.69 Å². The predicted molar refractivity (Wildman–Crippen MR) is 52.4 cm³/mol. The summed E-state index contributed by atoms with van der Waals surface area (Å²) >= 11 is 0. The molecule has 0 aliphatic heterocycles. The number of nitrogens with zero attached hydrogens (tertiary/aromatic N) is 2. The number of nitrogens with one attached hydrogen (secondary N) is 2. The summed E-state index contributed by atoms with van der Waals surface area (Å²) in [5, 5.41) is 5.67. The number of rotatable bonds is 5. The van der Waals surface area contributed by atoms with Crippen molar-refractivity contribution in [1.29, 1.82) is 0 Å².